The van der Waals surface area contributed by atoms with E-state index in [1.165, 1.54) is 32.1 Å². The molecule has 34 heavy (non-hydrogen) atoms. The summed E-state index contributed by atoms with van der Waals surface area (Å²) in [4.78, 5) is 29.7. The fraction of sp³-hybridized carbons (Fsp3) is 0.481. The van der Waals surface area contributed by atoms with Gasteiger partial charge < -0.3 is 14.0 Å². The van der Waals surface area contributed by atoms with E-state index >= 15 is 0 Å². The van der Waals surface area contributed by atoms with Gasteiger partial charge in [0.25, 0.3) is 5.91 Å². The molecule has 4 aromatic heterocycles. The van der Waals surface area contributed by atoms with Gasteiger partial charge in [-0.15, -0.1) is 0 Å². The Morgan fingerprint density at radius 2 is 1.94 bits per heavy atom. The monoisotopic (exact) mass is 454 g/mol. The maximum Gasteiger partial charge on any atom is 0.255 e. The van der Waals surface area contributed by atoms with Crippen LogP contribution in [-0.4, -0.2) is 48.0 Å². The van der Waals surface area contributed by atoms with Crippen molar-refractivity contribution in [2.24, 2.45) is 24.8 Å². The highest BCUT2D eigenvalue weighted by molar-refractivity contribution is 5.97. The molecule has 0 bridgehead atoms. The van der Waals surface area contributed by atoms with Gasteiger partial charge in [-0.2, -0.15) is 0 Å². The second kappa shape index (κ2) is 7.65. The van der Waals surface area contributed by atoms with E-state index in [1.807, 2.05) is 34.8 Å². The Morgan fingerprint density at radius 3 is 2.82 bits per heavy atom. The number of hydrogen-bond acceptors (Lipinski definition) is 4. The number of fused-ring (bicyclic) bond motifs is 3. The first-order valence-corrected chi connectivity index (χ1v) is 12.7. The van der Waals surface area contributed by atoms with E-state index in [9.17, 15) is 4.79 Å². The Balaban J connectivity index is 1.25. The van der Waals surface area contributed by atoms with E-state index in [2.05, 4.69) is 21.7 Å². The van der Waals surface area contributed by atoms with E-state index in [0.717, 1.165) is 71.6 Å². The molecule has 3 fully saturated rings. The van der Waals surface area contributed by atoms with E-state index in [1.54, 1.807) is 6.20 Å². The molecule has 3 aliphatic rings. The standard InChI is InChI=1S/C27H30N6O/c1-31-25-22(12-21(14-29-25)27(34)32-11-9-18-4-2-5-20(18)16-32)30-26(31)23-13-19-6-3-10-28-24(19)33(23)15-17-7-8-17/h3,6,10,12-14,17-18,20H,2,4-5,7-9,11,15-16H2,1H3/t18-,20+/m0/s1. The summed E-state index contributed by atoms with van der Waals surface area (Å²) >= 11 is 0. The summed E-state index contributed by atoms with van der Waals surface area (Å²) in [6.45, 7) is 2.72. The van der Waals surface area contributed by atoms with Gasteiger partial charge in [-0.05, 0) is 67.7 Å². The Bertz CT molecular complexity index is 1410. The molecule has 5 heterocycles. The molecule has 1 saturated heterocycles. The number of nitrogens with zero attached hydrogens (tertiary/aromatic N) is 6. The van der Waals surface area contributed by atoms with Crippen LogP contribution in [0.25, 0.3) is 33.7 Å². The first-order valence-electron chi connectivity index (χ1n) is 12.7. The summed E-state index contributed by atoms with van der Waals surface area (Å²) in [6, 6.07) is 8.21. The van der Waals surface area contributed by atoms with Gasteiger partial charge in [0.15, 0.2) is 11.5 Å². The third-order valence-electron chi connectivity index (χ3n) is 8.31. The first kappa shape index (κ1) is 20.2. The molecule has 7 heteroatoms. The minimum atomic E-state index is 0.0963. The number of pyridine rings is 2. The molecule has 4 aromatic rings. The molecule has 2 aliphatic carbocycles. The van der Waals surface area contributed by atoms with Crippen molar-refractivity contribution in [3.63, 3.8) is 0 Å². The van der Waals surface area contributed by atoms with Crippen LogP contribution in [0, 0.1) is 17.8 Å². The quantitative estimate of drug-likeness (QED) is 0.450. The predicted octanol–water partition coefficient (Wildman–Crippen LogP) is 4.66. The van der Waals surface area contributed by atoms with Crippen molar-refractivity contribution in [3.05, 3.63) is 42.2 Å². The minimum Gasteiger partial charge on any atom is -0.338 e. The molecule has 2 saturated carbocycles. The highest BCUT2D eigenvalue weighted by atomic mass is 16.2. The Hall–Kier alpha value is -3.22. The lowest BCUT2D eigenvalue weighted by atomic mass is 9.88. The third-order valence-corrected chi connectivity index (χ3v) is 8.31. The number of carbonyl (C=O) groups is 1. The van der Waals surface area contributed by atoms with E-state index in [-0.39, 0.29) is 5.91 Å². The molecule has 7 nitrogen and oxygen atoms in total. The molecule has 0 spiro atoms. The summed E-state index contributed by atoms with van der Waals surface area (Å²) < 4.78 is 4.36. The van der Waals surface area contributed by atoms with Gasteiger partial charge in [0.05, 0.1) is 11.3 Å². The van der Waals surface area contributed by atoms with Gasteiger partial charge in [0.1, 0.15) is 11.2 Å². The average molecular weight is 455 g/mol. The van der Waals surface area contributed by atoms with Crippen molar-refractivity contribution in [1.82, 2.24) is 29.0 Å². The maximum absolute atomic E-state index is 13.3. The fourth-order valence-electron chi connectivity index (χ4n) is 6.23. The zero-order chi connectivity index (χ0) is 22.8. The van der Waals surface area contributed by atoms with Crippen LogP contribution in [0.4, 0.5) is 0 Å². The molecule has 174 valence electrons. The van der Waals surface area contributed by atoms with Crippen molar-refractivity contribution in [3.8, 4) is 11.5 Å². The van der Waals surface area contributed by atoms with Crippen LogP contribution in [0.1, 0.15) is 48.9 Å². The summed E-state index contributed by atoms with van der Waals surface area (Å²) in [6.07, 6.45) is 11.2. The van der Waals surface area contributed by atoms with Gasteiger partial charge in [0.2, 0.25) is 0 Å². The lowest BCUT2D eigenvalue weighted by Crippen LogP contribution is -2.42. The number of piperidine rings is 1. The lowest BCUT2D eigenvalue weighted by molar-refractivity contribution is 0.0627. The maximum atomic E-state index is 13.3. The SMILES string of the molecule is Cn1c(-c2cc3cccnc3n2CC2CC2)nc2cc(C(=O)N3CC[C@@H]4CCC[C@@H]4C3)cnc21. The van der Waals surface area contributed by atoms with Gasteiger partial charge in [-0.25, -0.2) is 15.0 Å². The number of likely N-dealkylation sites (tertiary alicyclic amines) is 1. The number of aryl methyl sites for hydroxylation is 1. The minimum absolute atomic E-state index is 0.0963. The Kier molecular flexibility index (Phi) is 4.54. The van der Waals surface area contributed by atoms with Crippen molar-refractivity contribution in [2.75, 3.05) is 13.1 Å². The fourth-order valence-corrected chi connectivity index (χ4v) is 6.23. The molecule has 0 aromatic carbocycles. The zero-order valence-electron chi connectivity index (χ0n) is 19.7. The van der Waals surface area contributed by atoms with E-state index < -0.39 is 0 Å². The molecule has 1 aliphatic heterocycles. The number of carbonyl (C=O) groups excluding carboxylic acids is 1. The van der Waals surface area contributed by atoms with Crippen LogP contribution >= 0.6 is 0 Å². The normalized spacial score (nSPS) is 22.6. The van der Waals surface area contributed by atoms with Gasteiger partial charge in [-0.1, -0.05) is 12.8 Å². The highest BCUT2D eigenvalue weighted by Crippen LogP contribution is 2.38. The molecule has 0 unspecified atom stereocenters. The summed E-state index contributed by atoms with van der Waals surface area (Å²) in [5.74, 6) is 3.19. The molecular formula is C27H30N6O. The zero-order valence-corrected chi connectivity index (χ0v) is 19.7. The van der Waals surface area contributed by atoms with E-state index in [4.69, 9.17) is 9.97 Å². The van der Waals surface area contributed by atoms with Crippen LogP contribution in [0.5, 0.6) is 0 Å². The van der Waals surface area contributed by atoms with Crippen molar-refractivity contribution in [2.45, 2.75) is 45.1 Å². The predicted molar refractivity (Wildman–Crippen MR) is 131 cm³/mol. The smallest absolute Gasteiger partial charge is 0.255 e. The van der Waals surface area contributed by atoms with Crippen molar-refractivity contribution in [1.29, 1.82) is 0 Å². The molecule has 7 rings (SSSR count). The van der Waals surface area contributed by atoms with Crippen molar-refractivity contribution < 1.29 is 4.79 Å². The molecule has 0 radical (unpaired) electrons. The molecule has 2 atom stereocenters. The topological polar surface area (TPSA) is 68.8 Å². The largest absolute Gasteiger partial charge is 0.338 e. The first-order chi connectivity index (χ1) is 16.7. The summed E-state index contributed by atoms with van der Waals surface area (Å²) in [7, 11) is 2.01. The molecule has 1 amide bonds. The average Bonchev–Trinajstić information content (AvgIpc) is 3.29. The second-order valence-electron chi connectivity index (χ2n) is 10.6. The molecule has 0 N–H and O–H groups in total. The lowest BCUT2D eigenvalue weighted by Gasteiger charge is -2.35. The van der Waals surface area contributed by atoms with Crippen LogP contribution < -0.4 is 0 Å². The summed E-state index contributed by atoms with van der Waals surface area (Å²) in [5, 5.41) is 1.13. The number of hydrogen-bond donors (Lipinski definition) is 0. The van der Waals surface area contributed by atoms with Crippen LogP contribution in [0.15, 0.2) is 36.7 Å². The highest BCUT2D eigenvalue weighted by Gasteiger charge is 2.35. The molecular weight excluding hydrogens is 424 g/mol. The second-order valence-corrected chi connectivity index (χ2v) is 10.6. The van der Waals surface area contributed by atoms with Crippen LogP contribution in [0.2, 0.25) is 0 Å². The van der Waals surface area contributed by atoms with Crippen LogP contribution in [0.3, 0.4) is 0 Å². The number of amides is 1. The van der Waals surface area contributed by atoms with Crippen molar-refractivity contribution >= 4 is 28.1 Å². The third kappa shape index (κ3) is 3.24. The van der Waals surface area contributed by atoms with Gasteiger partial charge in [0, 0.05) is 44.5 Å². The summed E-state index contributed by atoms with van der Waals surface area (Å²) in [5.41, 5.74) is 4.30. The number of imidazole rings is 1. The number of aromatic nitrogens is 5. The Morgan fingerprint density at radius 1 is 1.06 bits per heavy atom. The number of rotatable bonds is 4. The van der Waals surface area contributed by atoms with Crippen LogP contribution in [-0.2, 0) is 13.6 Å². The van der Waals surface area contributed by atoms with E-state index in [0.29, 0.717) is 11.5 Å². The Labute approximate surface area is 198 Å². The van der Waals surface area contributed by atoms with Gasteiger partial charge >= 0.3 is 0 Å². The van der Waals surface area contributed by atoms with Gasteiger partial charge in [-0.3, -0.25) is 4.79 Å².